The largest absolute Gasteiger partial charge is 0.493 e. The van der Waals surface area contributed by atoms with Crippen LogP contribution in [0.15, 0.2) is 52.4 Å². The van der Waals surface area contributed by atoms with Crippen molar-refractivity contribution in [3.05, 3.63) is 69.5 Å². The van der Waals surface area contributed by atoms with Gasteiger partial charge in [0.2, 0.25) is 11.7 Å². The zero-order valence-electron chi connectivity index (χ0n) is 18.9. The number of carbonyl (C=O) groups is 1. The summed E-state index contributed by atoms with van der Waals surface area (Å²) in [5, 5.41) is 3.41. The lowest BCUT2D eigenvalue weighted by Gasteiger charge is -2.28. The van der Waals surface area contributed by atoms with Crippen LogP contribution in [0.25, 0.3) is 0 Å². The minimum absolute atomic E-state index is 0.110. The number of nitrogens with zero attached hydrogens (tertiary/aromatic N) is 2. The van der Waals surface area contributed by atoms with Gasteiger partial charge in [0.25, 0.3) is 5.56 Å². The van der Waals surface area contributed by atoms with E-state index in [1.54, 1.807) is 23.7 Å². The summed E-state index contributed by atoms with van der Waals surface area (Å²) in [6.45, 7) is 0. The topological polar surface area (TPSA) is 91.7 Å². The van der Waals surface area contributed by atoms with E-state index >= 15 is 0 Å². The molecule has 0 radical (unpaired) electrons. The van der Waals surface area contributed by atoms with Gasteiger partial charge in [0.1, 0.15) is 5.82 Å². The van der Waals surface area contributed by atoms with E-state index in [0.717, 1.165) is 5.56 Å². The number of nitrogens with one attached hydrogen (secondary N) is 1. The number of ether oxygens (including phenoxy) is 3. The molecule has 1 aliphatic heterocycles. The second-order valence-electron chi connectivity index (χ2n) is 7.56. The van der Waals surface area contributed by atoms with Gasteiger partial charge in [-0.1, -0.05) is 42.1 Å². The Hall–Kier alpha value is -3.46. The van der Waals surface area contributed by atoms with Gasteiger partial charge in [-0.2, -0.15) is 4.98 Å². The molecule has 172 valence electrons. The van der Waals surface area contributed by atoms with E-state index in [4.69, 9.17) is 14.2 Å². The minimum Gasteiger partial charge on any atom is -0.493 e. The first-order valence-corrected chi connectivity index (χ1v) is 11.3. The molecule has 1 atom stereocenters. The normalized spacial score (nSPS) is 14.9. The monoisotopic (exact) mass is 467 g/mol. The Labute approximate surface area is 195 Å². The highest BCUT2D eigenvalue weighted by atomic mass is 32.2. The molecule has 0 bridgehead atoms. The molecule has 9 heteroatoms. The molecule has 0 spiro atoms. The van der Waals surface area contributed by atoms with Gasteiger partial charge in [0.15, 0.2) is 16.7 Å². The van der Waals surface area contributed by atoms with Gasteiger partial charge in [-0.15, -0.1) is 0 Å². The van der Waals surface area contributed by atoms with Gasteiger partial charge in [-0.25, -0.2) is 0 Å². The number of aromatic nitrogens is 2. The van der Waals surface area contributed by atoms with E-state index in [1.165, 1.54) is 33.1 Å². The van der Waals surface area contributed by atoms with Crippen molar-refractivity contribution in [2.45, 2.75) is 23.2 Å². The number of rotatable bonds is 7. The molecular formula is C24H25N3O5S. The van der Waals surface area contributed by atoms with E-state index in [2.05, 4.69) is 10.3 Å². The summed E-state index contributed by atoms with van der Waals surface area (Å²) < 4.78 is 18.1. The zero-order chi connectivity index (χ0) is 23.5. The molecule has 2 aromatic carbocycles. The molecule has 0 saturated carbocycles. The summed E-state index contributed by atoms with van der Waals surface area (Å²) in [7, 11) is 6.38. The van der Waals surface area contributed by atoms with Crippen LogP contribution in [0.2, 0.25) is 0 Å². The smallest absolute Gasteiger partial charge is 0.279 e. The van der Waals surface area contributed by atoms with Crippen LogP contribution in [0, 0.1) is 0 Å². The molecule has 1 unspecified atom stereocenters. The summed E-state index contributed by atoms with van der Waals surface area (Å²) >= 11 is 1.45. The Kier molecular flexibility index (Phi) is 6.60. The Morgan fingerprint density at radius 1 is 1.06 bits per heavy atom. The average Bonchev–Trinajstić information content (AvgIpc) is 2.84. The standard InChI is InChI=1S/C24H25N3O5S/c1-27-22-20(23(29)26-24(27)33-13-14-8-6-5-7-9-14)16(12-19(28)25-22)15-10-17(30-2)21(32-4)18(11-15)31-3/h5-11,16H,12-13H2,1-4H3,(H,25,28). The second kappa shape index (κ2) is 9.58. The van der Waals surface area contributed by atoms with Crippen LogP contribution >= 0.6 is 11.8 Å². The lowest BCUT2D eigenvalue weighted by molar-refractivity contribution is -0.116. The summed E-state index contributed by atoms with van der Waals surface area (Å²) in [6, 6.07) is 13.5. The zero-order valence-corrected chi connectivity index (χ0v) is 19.7. The van der Waals surface area contributed by atoms with Crippen LogP contribution in [0.5, 0.6) is 17.2 Å². The van der Waals surface area contributed by atoms with Crippen molar-refractivity contribution in [2.75, 3.05) is 26.6 Å². The predicted molar refractivity (Wildman–Crippen MR) is 127 cm³/mol. The van der Waals surface area contributed by atoms with Gasteiger partial charge in [-0.3, -0.25) is 9.59 Å². The number of carbonyl (C=O) groups excluding carboxylic acids is 1. The van der Waals surface area contributed by atoms with Gasteiger partial charge >= 0.3 is 0 Å². The van der Waals surface area contributed by atoms with Crippen molar-refractivity contribution >= 4 is 23.5 Å². The number of hydrogen-bond acceptors (Lipinski definition) is 7. The SMILES string of the molecule is COc1cc(C2CC(=O)Nc3c2c(=O)nc(SCc2ccccc2)n3C)cc(OC)c1OC. The molecule has 1 aliphatic rings. The highest BCUT2D eigenvalue weighted by Crippen LogP contribution is 2.44. The van der Waals surface area contributed by atoms with Crippen LogP contribution in [0.4, 0.5) is 5.82 Å². The average molecular weight is 468 g/mol. The molecule has 0 saturated heterocycles. The summed E-state index contributed by atoms with van der Waals surface area (Å²) in [6.07, 6.45) is 0.110. The fraction of sp³-hybridized carbons (Fsp3) is 0.292. The first-order chi connectivity index (χ1) is 16.0. The van der Waals surface area contributed by atoms with Crippen molar-refractivity contribution < 1.29 is 19.0 Å². The van der Waals surface area contributed by atoms with E-state index in [-0.39, 0.29) is 17.9 Å². The van der Waals surface area contributed by atoms with Crippen molar-refractivity contribution in [3.63, 3.8) is 0 Å². The van der Waals surface area contributed by atoms with Gasteiger partial charge in [-0.05, 0) is 23.3 Å². The highest BCUT2D eigenvalue weighted by Gasteiger charge is 2.33. The van der Waals surface area contributed by atoms with E-state index in [1.807, 2.05) is 30.3 Å². The molecule has 1 amide bonds. The molecular weight excluding hydrogens is 442 g/mol. The third-order valence-electron chi connectivity index (χ3n) is 5.60. The van der Waals surface area contributed by atoms with Gasteiger partial charge < -0.3 is 24.1 Å². The van der Waals surface area contributed by atoms with Gasteiger partial charge in [0.05, 0.1) is 26.9 Å². The Morgan fingerprint density at radius 2 is 1.73 bits per heavy atom. The number of thioether (sulfide) groups is 1. The maximum atomic E-state index is 13.2. The first-order valence-electron chi connectivity index (χ1n) is 10.3. The molecule has 2 heterocycles. The molecule has 0 fully saturated rings. The van der Waals surface area contributed by atoms with Crippen LogP contribution in [-0.4, -0.2) is 36.8 Å². The molecule has 1 N–H and O–H groups in total. The maximum absolute atomic E-state index is 13.2. The van der Waals surface area contributed by atoms with Crippen LogP contribution in [-0.2, 0) is 17.6 Å². The predicted octanol–water partition coefficient (Wildman–Crippen LogP) is 3.57. The van der Waals surface area contributed by atoms with Crippen LogP contribution < -0.4 is 25.1 Å². The Balaban J connectivity index is 1.77. The van der Waals surface area contributed by atoms with E-state index < -0.39 is 5.92 Å². The van der Waals surface area contributed by atoms with Crippen molar-refractivity contribution in [1.29, 1.82) is 0 Å². The molecule has 4 rings (SSSR count). The lowest BCUT2D eigenvalue weighted by Crippen LogP contribution is -2.33. The number of hydrogen-bond donors (Lipinski definition) is 1. The van der Waals surface area contributed by atoms with Crippen LogP contribution in [0.1, 0.15) is 29.0 Å². The first kappa shape index (κ1) is 22.7. The highest BCUT2D eigenvalue weighted by molar-refractivity contribution is 7.98. The summed E-state index contributed by atoms with van der Waals surface area (Å²) in [4.78, 5) is 30.2. The van der Waals surface area contributed by atoms with Crippen molar-refractivity contribution in [1.82, 2.24) is 9.55 Å². The minimum atomic E-state index is -0.498. The maximum Gasteiger partial charge on any atom is 0.279 e. The molecule has 33 heavy (non-hydrogen) atoms. The fourth-order valence-electron chi connectivity index (χ4n) is 3.97. The molecule has 1 aromatic heterocycles. The van der Waals surface area contributed by atoms with Gasteiger partial charge in [0, 0.05) is 25.1 Å². The number of amides is 1. The number of benzene rings is 2. The molecule has 8 nitrogen and oxygen atoms in total. The van der Waals surface area contributed by atoms with Crippen molar-refractivity contribution in [2.24, 2.45) is 7.05 Å². The van der Waals surface area contributed by atoms with Crippen molar-refractivity contribution in [3.8, 4) is 17.2 Å². The number of fused-ring (bicyclic) bond motifs is 1. The summed E-state index contributed by atoms with van der Waals surface area (Å²) in [5.74, 6) is 1.80. The summed E-state index contributed by atoms with van der Waals surface area (Å²) in [5.41, 5.74) is 1.91. The second-order valence-corrected chi connectivity index (χ2v) is 8.50. The number of anilines is 1. The number of methoxy groups -OCH3 is 3. The van der Waals surface area contributed by atoms with E-state index in [9.17, 15) is 9.59 Å². The molecule has 3 aromatic rings. The molecule has 0 aliphatic carbocycles. The fourth-order valence-corrected chi connectivity index (χ4v) is 4.89. The lowest BCUT2D eigenvalue weighted by atomic mass is 9.86. The van der Waals surface area contributed by atoms with E-state index in [0.29, 0.717) is 45.1 Å². The van der Waals surface area contributed by atoms with Crippen LogP contribution in [0.3, 0.4) is 0 Å². The Morgan fingerprint density at radius 3 is 2.33 bits per heavy atom. The third-order valence-corrected chi connectivity index (χ3v) is 6.70. The third kappa shape index (κ3) is 4.41. The quantitative estimate of drug-likeness (QED) is 0.420. The Bertz CT molecular complexity index is 1220.